The van der Waals surface area contributed by atoms with Crippen molar-refractivity contribution in [2.24, 2.45) is 5.73 Å². The van der Waals surface area contributed by atoms with E-state index in [1.165, 1.54) is 0 Å². The quantitative estimate of drug-likeness (QED) is 0.674. The van der Waals surface area contributed by atoms with E-state index in [9.17, 15) is 4.79 Å². The van der Waals surface area contributed by atoms with Gasteiger partial charge in [-0.15, -0.1) is 0 Å². The standard InChI is InChI=1S/C14H11Br2N5O/c15-9-3-8(5-19-14(9)18)7-1-2-12-20-10(4-11(17)22)13(16)21(12)6-7/h1-3,5-6H,4H2,(H2,17,22)(H2,18,19). The van der Waals surface area contributed by atoms with Crippen LogP contribution in [0, 0.1) is 0 Å². The summed E-state index contributed by atoms with van der Waals surface area (Å²) in [6, 6.07) is 5.70. The van der Waals surface area contributed by atoms with E-state index in [2.05, 4.69) is 41.8 Å². The van der Waals surface area contributed by atoms with Gasteiger partial charge in [0.1, 0.15) is 16.1 Å². The lowest BCUT2D eigenvalue weighted by molar-refractivity contribution is -0.117. The maximum absolute atomic E-state index is 11.1. The Hall–Kier alpha value is -1.93. The van der Waals surface area contributed by atoms with Crippen molar-refractivity contribution in [1.82, 2.24) is 14.4 Å². The fourth-order valence-electron chi connectivity index (χ4n) is 2.12. The van der Waals surface area contributed by atoms with E-state index in [4.69, 9.17) is 11.5 Å². The molecular weight excluding hydrogens is 414 g/mol. The molecule has 0 fully saturated rings. The zero-order chi connectivity index (χ0) is 15.9. The van der Waals surface area contributed by atoms with Gasteiger partial charge < -0.3 is 11.5 Å². The maximum atomic E-state index is 11.1. The third-order valence-corrected chi connectivity index (χ3v) is 4.65. The lowest BCUT2D eigenvalue weighted by Crippen LogP contribution is -2.14. The Morgan fingerprint density at radius 3 is 2.73 bits per heavy atom. The molecule has 1 amide bonds. The van der Waals surface area contributed by atoms with Crippen LogP contribution in [0.15, 0.2) is 39.7 Å². The number of halogens is 2. The minimum Gasteiger partial charge on any atom is -0.383 e. The summed E-state index contributed by atoms with van der Waals surface area (Å²) >= 11 is 6.83. The minimum atomic E-state index is -0.420. The first-order valence-corrected chi connectivity index (χ1v) is 7.90. The number of fused-ring (bicyclic) bond motifs is 1. The number of pyridine rings is 2. The van der Waals surface area contributed by atoms with Gasteiger partial charge in [-0.05, 0) is 50.1 Å². The van der Waals surface area contributed by atoms with Gasteiger partial charge in [-0.3, -0.25) is 9.20 Å². The molecule has 0 aromatic carbocycles. The number of carbonyl (C=O) groups is 1. The molecule has 0 aliphatic heterocycles. The highest BCUT2D eigenvalue weighted by Crippen LogP contribution is 2.27. The van der Waals surface area contributed by atoms with Crippen LogP contribution in [0.3, 0.4) is 0 Å². The monoisotopic (exact) mass is 423 g/mol. The molecule has 0 atom stereocenters. The molecule has 0 saturated heterocycles. The maximum Gasteiger partial charge on any atom is 0.223 e. The van der Waals surface area contributed by atoms with Gasteiger partial charge in [0.2, 0.25) is 5.91 Å². The van der Waals surface area contributed by atoms with Crippen molar-refractivity contribution in [3.8, 4) is 11.1 Å². The highest BCUT2D eigenvalue weighted by Gasteiger charge is 2.13. The number of hydrogen-bond acceptors (Lipinski definition) is 4. The van der Waals surface area contributed by atoms with Crippen LogP contribution in [0.2, 0.25) is 0 Å². The smallest absolute Gasteiger partial charge is 0.223 e. The summed E-state index contributed by atoms with van der Waals surface area (Å²) in [5, 5.41) is 0. The molecule has 3 aromatic heterocycles. The van der Waals surface area contributed by atoms with Gasteiger partial charge >= 0.3 is 0 Å². The molecule has 8 heteroatoms. The van der Waals surface area contributed by atoms with Crippen molar-refractivity contribution >= 4 is 49.2 Å². The van der Waals surface area contributed by atoms with E-state index in [1.807, 2.05) is 28.8 Å². The van der Waals surface area contributed by atoms with E-state index >= 15 is 0 Å². The summed E-state index contributed by atoms with van der Waals surface area (Å²) in [7, 11) is 0. The van der Waals surface area contributed by atoms with Crippen LogP contribution < -0.4 is 11.5 Å². The predicted octanol–water partition coefficient (Wildman–Crippen LogP) is 2.53. The van der Waals surface area contributed by atoms with E-state index in [-0.39, 0.29) is 6.42 Å². The molecule has 0 aliphatic carbocycles. The molecule has 6 nitrogen and oxygen atoms in total. The number of nitrogen functional groups attached to an aromatic ring is 1. The fraction of sp³-hybridized carbons (Fsp3) is 0.0714. The number of anilines is 1. The number of nitrogens with two attached hydrogens (primary N) is 2. The van der Waals surface area contributed by atoms with Crippen molar-refractivity contribution in [3.63, 3.8) is 0 Å². The van der Waals surface area contributed by atoms with Crippen LogP contribution in [0.5, 0.6) is 0 Å². The molecule has 0 saturated carbocycles. The Balaban J connectivity index is 2.10. The molecule has 4 N–H and O–H groups in total. The van der Waals surface area contributed by atoms with Gasteiger partial charge in [-0.2, -0.15) is 0 Å². The summed E-state index contributed by atoms with van der Waals surface area (Å²) in [5.74, 6) is 0.0216. The zero-order valence-corrected chi connectivity index (χ0v) is 14.4. The first-order chi connectivity index (χ1) is 10.5. The number of primary amides is 1. The van der Waals surface area contributed by atoms with E-state index in [0.29, 0.717) is 16.1 Å². The molecule has 3 heterocycles. The third kappa shape index (κ3) is 2.71. The van der Waals surface area contributed by atoms with Crippen molar-refractivity contribution in [2.75, 3.05) is 5.73 Å². The number of carbonyl (C=O) groups excluding carboxylic acids is 1. The topological polar surface area (TPSA) is 99.3 Å². The molecule has 112 valence electrons. The second kappa shape index (κ2) is 5.69. The number of imidazole rings is 1. The lowest BCUT2D eigenvalue weighted by Gasteiger charge is -2.05. The van der Waals surface area contributed by atoms with E-state index in [1.54, 1.807) is 6.20 Å². The summed E-state index contributed by atoms with van der Waals surface area (Å²) in [6.45, 7) is 0. The molecule has 0 unspecified atom stereocenters. The molecule has 0 aliphatic rings. The van der Waals surface area contributed by atoms with Gasteiger partial charge in [0.05, 0.1) is 16.6 Å². The Bertz CT molecular complexity index is 890. The van der Waals surface area contributed by atoms with Gasteiger partial charge in [0.25, 0.3) is 0 Å². The van der Waals surface area contributed by atoms with Gasteiger partial charge in [-0.25, -0.2) is 9.97 Å². The first-order valence-electron chi connectivity index (χ1n) is 6.32. The van der Waals surface area contributed by atoms with E-state index < -0.39 is 5.91 Å². The zero-order valence-electron chi connectivity index (χ0n) is 11.3. The fourth-order valence-corrected chi connectivity index (χ4v) is 2.98. The summed E-state index contributed by atoms with van der Waals surface area (Å²) in [5.41, 5.74) is 14.1. The first kappa shape index (κ1) is 15.0. The highest BCUT2D eigenvalue weighted by atomic mass is 79.9. The van der Waals surface area contributed by atoms with Crippen molar-refractivity contribution < 1.29 is 4.79 Å². The predicted molar refractivity (Wildman–Crippen MR) is 91.1 cm³/mol. The Kier molecular flexibility index (Phi) is 3.88. The molecule has 0 radical (unpaired) electrons. The third-order valence-electron chi connectivity index (χ3n) is 3.17. The number of aromatic nitrogens is 3. The average Bonchev–Trinajstić information content (AvgIpc) is 2.77. The van der Waals surface area contributed by atoms with Crippen LogP contribution in [-0.4, -0.2) is 20.3 Å². The number of nitrogens with zero attached hydrogens (tertiary/aromatic N) is 3. The largest absolute Gasteiger partial charge is 0.383 e. The number of amides is 1. The summed E-state index contributed by atoms with van der Waals surface area (Å²) in [4.78, 5) is 19.6. The Labute approximate surface area is 142 Å². The minimum absolute atomic E-state index is 0.0899. The molecular formula is C14H11Br2N5O. The van der Waals surface area contributed by atoms with Crippen LogP contribution in [0.25, 0.3) is 16.8 Å². The molecule has 22 heavy (non-hydrogen) atoms. The molecule has 0 spiro atoms. The van der Waals surface area contributed by atoms with E-state index in [0.717, 1.165) is 21.2 Å². The highest BCUT2D eigenvalue weighted by molar-refractivity contribution is 9.10. The molecule has 3 rings (SSSR count). The number of hydrogen-bond donors (Lipinski definition) is 2. The second-order valence-electron chi connectivity index (χ2n) is 4.73. The van der Waals surface area contributed by atoms with Crippen molar-refractivity contribution in [1.29, 1.82) is 0 Å². The summed E-state index contributed by atoms with van der Waals surface area (Å²) in [6.07, 6.45) is 3.71. The lowest BCUT2D eigenvalue weighted by atomic mass is 10.1. The average molecular weight is 425 g/mol. The SMILES string of the molecule is NC(=O)Cc1nc2ccc(-c3cnc(N)c(Br)c3)cn2c1Br. The molecule has 0 bridgehead atoms. The van der Waals surface area contributed by atoms with Crippen LogP contribution in [-0.2, 0) is 11.2 Å². The Morgan fingerprint density at radius 1 is 1.27 bits per heavy atom. The van der Waals surface area contributed by atoms with Gasteiger partial charge in [-0.1, -0.05) is 0 Å². The van der Waals surface area contributed by atoms with Crippen molar-refractivity contribution in [3.05, 3.63) is 45.4 Å². The van der Waals surface area contributed by atoms with Crippen LogP contribution >= 0.6 is 31.9 Å². The second-order valence-corrected chi connectivity index (χ2v) is 6.33. The van der Waals surface area contributed by atoms with Gasteiger partial charge in [0.15, 0.2) is 0 Å². The van der Waals surface area contributed by atoms with Crippen molar-refractivity contribution in [2.45, 2.75) is 6.42 Å². The summed E-state index contributed by atoms with van der Waals surface area (Å²) < 4.78 is 3.31. The Morgan fingerprint density at radius 2 is 2.05 bits per heavy atom. The normalized spacial score (nSPS) is 11.0. The van der Waals surface area contributed by atoms with Crippen LogP contribution in [0.4, 0.5) is 5.82 Å². The van der Waals surface area contributed by atoms with Crippen LogP contribution in [0.1, 0.15) is 5.69 Å². The molecule has 3 aromatic rings. The number of rotatable bonds is 3. The van der Waals surface area contributed by atoms with Gasteiger partial charge in [0, 0.05) is 23.5 Å².